The molecule has 0 aliphatic heterocycles. The van der Waals surface area contributed by atoms with E-state index in [0.29, 0.717) is 4.47 Å². The molecule has 0 heterocycles. The number of nitrogens with zero attached hydrogens (tertiary/aromatic N) is 2. The molecule has 0 bridgehead atoms. The molecule has 0 aliphatic carbocycles. The Morgan fingerprint density at radius 1 is 1.27 bits per heavy atom. The van der Waals surface area contributed by atoms with Crippen molar-refractivity contribution < 1.29 is 17.6 Å². The van der Waals surface area contributed by atoms with E-state index >= 15 is 0 Å². The normalized spacial score (nSPS) is 11.9. The van der Waals surface area contributed by atoms with E-state index in [2.05, 4.69) is 26.5 Å². The Morgan fingerprint density at radius 2 is 1.92 bits per heavy atom. The average molecular weight is 442 g/mol. The molecule has 1 N–H and O–H groups in total. The van der Waals surface area contributed by atoms with Crippen molar-refractivity contribution in [2.24, 2.45) is 5.10 Å². The lowest BCUT2D eigenvalue weighted by Gasteiger charge is -2.16. The summed E-state index contributed by atoms with van der Waals surface area (Å²) in [6.45, 7) is 1.42. The summed E-state index contributed by atoms with van der Waals surface area (Å²) in [7, 11) is -2.49. The topological polar surface area (TPSA) is 78.8 Å². The second kappa shape index (κ2) is 8.52. The van der Waals surface area contributed by atoms with Crippen molar-refractivity contribution in [3.63, 3.8) is 0 Å². The average Bonchev–Trinajstić information content (AvgIpc) is 2.58. The molecule has 0 atom stereocenters. The van der Waals surface area contributed by atoms with Crippen LogP contribution in [0.25, 0.3) is 0 Å². The van der Waals surface area contributed by atoms with Gasteiger partial charge >= 0.3 is 0 Å². The van der Waals surface area contributed by atoms with Gasteiger partial charge in [-0.2, -0.15) is 9.41 Å². The SMILES string of the molecule is Cc1ccc(S(=O)(=O)N(C)CC(=O)N/N=C/c2cc(Br)ccc2F)cc1. The first kappa shape index (κ1) is 20.2. The predicted molar refractivity (Wildman–Crippen MR) is 101 cm³/mol. The van der Waals surface area contributed by atoms with Gasteiger partial charge in [0.1, 0.15) is 5.82 Å². The van der Waals surface area contributed by atoms with Gasteiger partial charge in [0.2, 0.25) is 10.0 Å². The van der Waals surface area contributed by atoms with Crippen molar-refractivity contribution in [1.82, 2.24) is 9.73 Å². The van der Waals surface area contributed by atoms with Gasteiger partial charge in [-0.15, -0.1) is 0 Å². The maximum absolute atomic E-state index is 13.6. The summed E-state index contributed by atoms with van der Waals surface area (Å²) in [4.78, 5) is 12.0. The molecule has 6 nitrogen and oxygen atoms in total. The number of nitrogens with one attached hydrogen (secondary N) is 1. The van der Waals surface area contributed by atoms with E-state index in [1.807, 2.05) is 6.92 Å². The van der Waals surface area contributed by atoms with Crippen LogP contribution in [0.3, 0.4) is 0 Å². The molecule has 0 unspecified atom stereocenters. The van der Waals surface area contributed by atoms with E-state index in [4.69, 9.17) is 0 Å². The molecule has 0 saturated heterocycles. The molecule has 1 amide bonds. The quantitative estimate of drug-likeness (QED) is 0.552. The number of likely N-dealkylation sites (N-methyl/N-ethyl adjacent to an activating group) is 1. The highest BCUT2D eigenvalue weighted by Gasteiger charge is 2.22. The van der Waals surface area contributed by atoms with Crippen LogP contribution in [0.15, 0.2) is 56.9 Å². The van der Waals surface area contributed by atoms with Crippen LogP contribution in [-0.4, -0.2) is 38.4 Å². The van der Waals surface area contributed by atoms with Gasteiger partial charge in [-0.05, 0) is 37.3 Å². The van der Waals surface area contributed by atoms with E-state index in [1.165, 1.54) is 37.4 Å². The van der Waals surface area contributed by atoms with Gasteiger partial charge in [0, 0.05) is 17.1 Å². The molecule has 2 aromatic rings. The molecule has 0 fully saturated rings. The number of sulfonamides is 1. The molecular formula is C17H17BrFN3O3S. The van der Waals surface area contributed by atoms with Crippen molar-refractivity contribution in [1.29, 1.82) is 0 Å². The fourth-order valence-corrected chi connectivity index (χ4v) is 3.51. The van der Waals surface area contributed by atoms with Crippen molar-refractivity contribution >= 4 is 38.1 Å². The van der Waals surface area contributed by atoms with Gasteiger partial charge < -0.3 is 0 Å². The number of halogens is 2. The van der Waals surface area contributed by atoms with E-state index in [9.17, 15) is 17.6 Å². The fraction of sp³-hybridized carbons (Fsp3) is 0.176. The van der Waals surface area contributed by atoms with Gasteiger partial charge in [0.05, 0.1) is 17.7 Å². The third kappa shape index (κ3) is 5.20. The van der Waals surface area contributed by atoms with Gasteiger partial charge in [0.15, 0.2) is 0 Å². The monoisotopic (exact) mass is 441 g/mol. The first-order valence-corrected chi connectivity index (χ1v) is 9.73. The first-order valence-electron chi connectivity index (χ1n) is 7.50. The molecule has 0 aromatic heterocycles. The lowest BCUT2D eigenvalue weighted by Crippen LogP contribution is -2.36. The Balaban J connectivity index is 1.99. The molecule has 0 aliphatic rings. The molecule has 2 aromatic carbocycles. The van der Waals surface area contributed by atoms with E-state index in [0.717, 1.165) is 16.1 Å². The van der Waals surface area contributed by atoms with Crippen LogP contribution in [0.5, 0.6) is 0 Å². The zero-order valence-corrected chi connectivity index (χ0v) is 16.5. The molecule has 0 saturated carbocycles. The van der Waals surface area contributed by atoms with Crippen LogP contribution in [0, 0.1) is 12.7 Å². The lowest BCUT2D eigenvalue weighted by molar-refractivity contribution is -0.121. The summed E-state index contributed by atoms with van der Waals surface area (Å²) >= 11 is 3.21. The van der Waals surface area contributed by atoms with Gasteiger partial charge in [0.25, 0.3) is 5.91 Å². The molecule has 0 radical (unpaired) electrons. The van der Waals surface area contributed by atoms with E-state index in [-0.39, 0.29) is 10.5 Å². The minimum absolute atomic E-state index is 0.0955. The fourth-order valence-electron chi connectivity index (χ4n) is 2.00. The molecular weight excluding hydrogens is 425 g/mol. The largest absolute Gasteiger partial charge is 0.272 e. The predicted octanol–water partition coefficient (Wildman–Crippen LogP) is 2.67. The summed E-state index contributed by atoms with van der Waals surface area (Å²) in [6.07, 6.45) is 1.15. The zero-order valence-electron chi connectivity index (χ0n) is 14.1. The van der Waals surface area contributed by atoms with Crippen molar-refractivity contribution in [2.75, 3.05) is 13.6 Å². The van der Waals surface area contributed by atoms with Gasteiger partial charge in [-0.1, -0.05) is 33.6 Å². The van der Waals surface area contributed by atoms with Crippen LogP contribution in [-0.2, 0) is 14.8 Å². The number of aryl methyl sites for hydroxylation is 1. The number of rotatable bonds is 6. The molecule has 9 heteroatoms. The maximum Gasteiger partial charge on any atom is 0.255 e. The lowest BCUT2D eigenvalue weighted by atomic mass is 10.2. The summed E-state index contributed by atoms with van der Waals surface area (Å²) in [5.74, 6) is -1.14. The Hall–Kier alpha value is -2.10. The Kier molecular flexibility index (Phi) is 6.63. The van der Waals surface area contributed by atoms with Crippen LogP contribution >= 0.6 is 15.9 Å². The number of hydrogen-bond acceptors (Lipinski definition) is 4. The molecule has 26 heavy (non-hydrogen) atoms. The van der Waals surface area contributed by atoms with Gasteiger partial charge in [-0.25, -0.2) is 18.2 Å². The number of hydrazone groups is 1. The minimum atomic E-state index is -3.79. The minimum Gasteiger partial charge on any atom is -0.272 e. The first-order chi connectivity index (χ1) is 12.2. The Morgan fingerprint density at radius 3 is 2.58 bits per heavy atom. The summed E-state index contributed by atoms with van der Waals surface area (Å²) < 4.78 is 40.0. The Bertz CT molecular complexity index is 931. The molecule has 138 valence electrons. The van der Waals surface area contributed by atoms with Crippen LogP contribution in [0.2, 0.25) is 0 Å². The highest BCUT2D eigenvalue weighted by atomic mass is 79.9. The number of hydrogen-bond donors (Lipinski definition) is 1. The second-order valence-electron chi connectivity index (χ2n) is 5.53. The smallest absolute Gasteiger partial charge is 0.255 e. The zero-order chi connectivity index (χ0) is 19.3. The van der Waals surface area contributed by atoms with Crippen LogP contribution in [0.1, 0.15) is 11.1 Å². The summed E-state index contributed by atoms with van der Waals surface area (Å²) in [6, 6.07) is 10.6. The van der Waals surface area contributed by atoms with Crippen LogP contribution < -0.4 is 5.43 Å². The standard InChI is InChI=1S/C17H17BrFN3O3S/c1-12-3-6-15(7-4-12)26(24,25)22(2)11-17(23)21-20-10-13-9-14(18)5-8-16(13)19/h3-10H,11H2,1-2H3,(H,21,23)/b20-10+. The second-order valence-corrected chi connectivity index (χ2v) is 8.49. The number of amides is 1. The number of benzene rings is 2. The molecule has 2 rings (SSSR count). The summed E-state index contributed by atoms with van der Waals surface area (Å²) in [5, 5.41) is 3.66. The van der Waals surface area contributed by atoms with Crippen molar-refractivity contribution in [3.8, 4) is 0 Å². The van der Waals surface area contributed by atoms with E-state index in [1.54, 1.807) is 12.1 Å². The summed E-state index contributed by atoms with van der Waals surface area (Å²) in [5.41, 5.74) is 3.29. The third-order valence-corrected chi connectivity index (χ3v) is 5.76. The highest BCUT2D eigenvalue weighted by molar-refractivity contribution is 9.10. The maximum atomic E-state index is 13.6. The molecule has 0 spiro atoms. The third-order valence-electron chi connectivity index (χ3n) is 3.45. The van der Waals surface area contributed by atoms with Crippen molar-refractivity contribution in [3.05, 3.63) is 63.9 Å². The number of carbonyl (C=O) groups excluding carboxylic acids is 1. The highest BCUT2D eigenvalue weighted by Crippen LogP contribution is 2.15. The van der Waals surface area contributed by atoms with Crippen molar-refractivity contribution in [2.45, 2.75) is 11.8 Å². The number of carbonyl (C=O) groups is 1. The van der Waals surface area contributed by atoms with Gasteiger partial charge in [-0.3, -0.25) is 4.79 Å². The van der Waals surface area contributed by atoms with E-state index < -0.39 is 28.3 Å². The Labute approximate surface area is 159 Å². The van der Waals surface area contributed by atoms with Crippen LogP contribution in [0.4, 0.5) is 4.39 Å².